The summed E-state index contributed by atoms with van der Waals surface area (Å²) in [5.41, 5.74) is -1.42. The molecule has 64 heavy (non-hydrogen) atoms. The highest BCUT2D eigenvalue weighted by atomic mass is 19.1. The lowest BCUT2D eigenvalue weighted by Gasteiger charge is -2.42. The zero-order valence-electron chi connectivity index (χ0n) is 37.0. The Morgan fingerprint density at radius 1 is 0.953 bits per heavy atom. The average molecular weight is 876 g/mol. The van der Waals surface area contributed by atoms with Crippen LogP contribution in [0.5, 0.6) is 11.8 Å². The number of anilines is 1. The van der Waals surface area contributed by atoms with Crippen molar-refractivity contribution >= 4 is 50.9 Å². The summed E-state index contributed by atoms with van der Waals surface area (Å²) in [6.45, 7) is 13.3. The topological polar surface area (TPSA) is 161 Å². The Hall–Kier alpha value is -6.09. The zero-order valence-corrected chi connectivity index (χ0v) is 37.0. The van der Waals surface area contributed by atoms with Crippen LogP contribution in [0.3, 0.4) is 0 Å². The maximum absolute atomic E-state index is 17.7. The molecule has 2 saturated heterocycles. The SMILES string of the molecule is CCc1c(F)ccc2cc(OC3C(=O)C(=O)c4cccc(C(=O)C(C)(C)C)c43)cc(-c3ncc4c(N5C[C@H]6CC[C@@H](C5)N6C(=O)OC(C)(C)C)nc(OCC5(CO)CC5)nc4c3F)c12. The lowest BCUT2D eigenvalue weighted by atomic mass is 9.83. The molecular weight excluding hydrogens is 825 g/mol. The van der Waals surface area contributed by atoms with Gasteiger partial charge in [-0.2, -0.15) is 9.97 Å². The van der Waals surface area contributed by atoms with Crippen LogP contribution in [0.2, 0.25) is 0 Å². The van der Waals surface area contributed by atoms with Crippen molar-refractivity contribution in [2.75, 3.05) is 31.2 Å². The summed E-state index contributed by atoms with van der Waals surface area (Å²) in [6.07, 6.45) is 2.83. The van der Waals surface area contributed by atoms with E-state index in [1.165, 1.54) is 30.5 Å². The first-order valence-electron chi connectivity index (χ1n) is 21.9. The molecule has 13 nitrogen and oxygen atoms in total. The zero-order chi connectivity index (χ0) is 45.6. The predicted molar refractivity (Wildman–Crippen MR) is 234 cm³/mol. The number of ether oxygens (including phenoxy) is 3. The highest BCUT2D eigenvalue weighted by Crippen LogP contribution is 2.46. The summed E-state index contributed by atoms with van der Waals surface area (Å²) in [5, 5.41) is 11.1. The number of benzene rings is 3. The minimum absolute atomic E-state index is 0.0546. The molecule has 2 aromatic heterocycles. The highest BCUT2D eigenvalue weighted by Gasteiger charge is 2.47. The van der Waals surface area contributed by atoms with Crippen molar-refractivity contribution in [3.05, 3.63) is 82.5 Å². The molecule has 2 bridgehead atoms. The van der Waals surface area contributed by atoms with Gasteiger partial charge in [0.25, 0.3) is 0 Å². The van der Waals surface area contributed by atoms with Gasteiger partial charge in [0.1, 0.15) is 34.2 Å². The van der Waals surface area contributed by atoms with Crippen molar-refractivity contribution in [2.24, 2.45) is 10.8 Å². The van der Waals surface area contributed by atoms with Crippen molar-refractivity contribution < 1.29 is 47.3 Å². The second-order valence-electron chi connectivity index (χ2n) is 19.6. The van der Waals surface area contributed by atoms with Gasteiger partial charge in [-0.25, -0.2) is 13.6 Å². The highest BCUT2D eigenvalue weighted by molar-refractivity contribution is 6.49. The quantitative estimate of drug-likeness (QED) is 0.105. The van der Waals surface area contributed by atoms with Crippen molar-refractivity contribution in [2.45, 2.75) is 104 Å². The number of ketones is 3. The molecule has 0 radical (unpaired) electrons. The van der Waals surface area contributed by atoms with Gasteiger partial charge in [0.15, 0.2) is 17.7 Å². The number of hydrogen-bond donors (Lipinski definition) is 1. The van der Waals surface area contributed by atoms with E-state index in [1.54, 1.807) is 50.8 Å². The fraction of sp³-hybridized carbons (Fsp3) is 0.449. The summed E-state index contributed by atoms with van der Waals surface area (Å²) in [4.78, 5) is 71.9. The van der Waals surface area contributed by atoms with Crippen molar-refractivity contribution in [1.82, 2.24) is 19.9 Å². The van der Waals surface area contributed by atoms with E-state index in [-0.39, 0.29) is 94.2 Å². The van der Waals surface area contributed by atoms with Gasteiger partial charge >= 0.3 is 12.1 Å². The molecule has 3 aromatic carbocycles. The number of hydrogen-bond acceptors (Lipinski definition) is 12. The van der Waals surface area contributed by atoms with Crippen LogP contribution in [0.25, 0.3) is 32.9 Å². The molecule has 4 heterocycles. The van der Waals surface area contributed by atoms with Gasteiger partial charge in [-0.1, -0.05) is 52.0 Å². The lowest BCUT2D eigenvalue weighted by molar-refractivity contribution is -0.120. The Morgan fingerprint density at radius 2 is 1.67 bits per heavy atom. The van der Waals surface area contributed by atoms with E-state index < -0.39 is 45.7 Å². The van der Waals surface area contributed by atoms with Gasteiger partial charge in [0.2, 0.25) is 11.6 Å². The van der Waals surface area contributed by atoms with E-state index in [2.05, 4.69) is 9.97 Å². The molecule has 4 aliphatic rings. The molecule has 3 fully saturated rings. The number of piperazine rings is 1. The summed E-state index contributed by atoms with van der Waals surface area (Å²) >= 11 is 0. The smallest absolute Gasteiger partial charge is 0.410 e. The number of carbonyl (C=O) groups is 4. The minimum Gasteiger partial charge on any atom is -0.477 e. The van der Waals surface area contributed by atoms with Crippen LogP contribution in [0.4, 0.5) is 19.4 Å². The summed E-state index contributed by atoms with van der Waals surface area (Å²) in [5.74, 6) is -2.89. The van der Waals surface area contributed by atoms with Gasteiger partial charge in [-0.05, 0) is 87.4 Å². The molecule has 5 aromatic rings. The van der Waals surface area contributed by atoms with Crippen molar-refractivity contribution in [3.63, 3.8) is 0 Å². The normalized spacial score (nSPS) is 20.2. The number of halogens is 2. The number of aliphatic hydroxyl groups excluding tert-OH is 1. The van der Waals surface area contributed by atoms with Gasteiger partial charge in [0, 0.05) is 52.4 Å². The van der Waals surface area contributed by atoms with Gasteiger partial charge in [-0.3, -0.25) is 24.3 Å². The number of carbonyl (C=O) groups excluding carboxylic acids is 4. The Morgan fingerprint density at radius 3 is 2.31 bits per heavy atom. The molecule has 2 aliphatic carbocycles. The molecule has 1 N–H and O–H groups in total. The van der Waals surface area contributed by atoms with Crippen molar-refractivity contribution in [1.29, 1.82) is 0 Å². The van der Waals surface area contributed by atoms with Gasteiger partial charge in [-0.15, -0.1) is 0 Å². The van der Waals surface area contributed by atoms with Crippen LogP contribution in [0.15, 0.2) is 48.7 Å². The predicted octanol–water partition coefficient (Wildman–Crippen LogP) is 8.54. The first-order valence-corrected chi connectivity index (χ1v) is 21.9. The standard InChI is InChI=1S/C49H51F2N5O8/c1-8-29-34(50)15-12-25-18-28(63-42-36-30(40(58)41(42)59)10-9-11-31(36)43(60)47(2,3)4)19-32(35(25)29)38-37(51)39-33(20-52-38)44(54-45(53-39)62-24-49(23-57)16-17-49)55-21-26-13-14-27(22-55)56(26)46(61)64-48(5,6)7/h9-12,15,18-20,26-27,42,57H,8,13-14,16-17,21-24H2,1-7H3/t26-,27+,42?. The summed E-state index contributed by atoms with van der Waals surface area (Å²) < 4.78 is 51.6. The fourth-order valence-corrected chi connectivity index (χ4v) is 9.31. The molecule has 15 heteroatoms. The van der Waals surface area contributed by atoms with Crippen LogP contribution < -0.4 is 14.4 Å². The second-order valence-corrected chi connectivity index (χ2v) is 19.6. The number of fused-ring (bicyclic) bond motifs is 5. The number of nitrogens with zero attached hydrogens (tertiary/aromatic N) is 5. The Kier molecular flexibility index (Phi) is 10.5. The molecule has 334 valence electrons. The molecule has 1 saturated carbocycles. The largest absolute Gasteiger partial charge is 0.477 e. The van der Waals surface area contributed by atoms with Crippen LogP contribution in [0.1, 0.15) is 112 Å². The number of aryl methyl sites for hydroxylation is 1. The van der Waals surface area contributed by atoms with Crippen LogP contribution >= 0.6 is 0 Å². The lowest BCUT2D eigenvalue weighted by Crippen LogP contribution is -2.57. The number of amides is 1. The number of rotatable bonds is 10. The number of aliphatic hydroxyl groups is 1. The van der Waals surface area contributed by atoms with E-state index in [9.17, 15) is 24.3 Å². The second kappa shape index (κ2) is 15.6. The molecule has 3 atom stereocenters. The fourth-order valence-electron chi connectivity index (χ4n) is 9.31. The Balaban J connectivity index is 1.17. The molecule has 0 spiro atoms. The van der Waals surface area contributed by atoms with E-state index in [0.29, 0.717) is 35.2 Å². The summed E-state index contributed by atoms with van der Waals surface area (Å²) in [6, 6.07) is 10.00. The third-order valence-electron chi connectivity index (χ3n) is 12.8. The van der Waals surface area contributed by atoms with Crippen LogP contribution in [-0.2, 0) is 16.0 Å². The summed E-state index contributed by atoms with van der Waals surface area (Å²) in [7, 11) is 0. The van der Waals surface area contributed by atoms with E-state index in [1.807, 2.05) is 25.7 Å². The molecule has 9 rings (SSSR count). The molecule has 1 unspecified atom stereocenters. The molecular formula is C49H51F2N5O8. The Labute approximate surface area is 369 Å². The molecule has 2 aliphatic heterocycles. The van der Waals surface area contributed by atoms with Crippen molar-refractivity contribution in [3.8, 4) is 23.0 Å². The monoisotopic (exact) mass is 875 g/mol. The number of Topliss-reactive ketones (excluding diaryl/α,β-unsaturated/α-hetero) is 3. The van der Waals surface area contributed by atoms with Gasteiger partial charge in [0.05, 0.1) is 30.7 Å². The maximum atomic E-state index is 17.7. The van der Waals surface area contributed by atoms with Crippen LogP contribution in [0, 0.1) is 22.5 Å². The Bertz CT molecular complexity index is 2780. The van der Waals surface area contributed by atoms with E-state index in [0.717, 1.165) is 25.7 Å². The third-order valence-corrected chi connectivity index (χ3v) is 12.8. The first kappa shape index (κ1) is 43.2. The first-order chi connectivity index (χ1) is 30.3. The van der Waals surface area contributed by atoms with E-state index >= 15 is 8.78 Å². The third kappa shape index (κ3) is 7.50. The average Bonchev–Trinajstić information content (AvgIpc) is 3.93. The minimum atomic E-state index is -1.48. The van der Waals surface area contributed by atoms with Gasteiger partial charge < -0.3 is 24.2 Å². The number of pyridine rings is 1. The molecule has 1 amide bonds. The van der Waals surface area contributed by atoms with Crippen LogP contribution in [-0.4, -0.2) is 92.4 Å². The number of aromatic nitrogens is 3. The maximum Gasteiger partial charge on any atom is 0.410 e. The van der Waals surface area contributed by atoms with E-state index in [4.69, 9.17) is 19.2 Å².